The lowest BCUT2D eigenvalue weighted by molar-refractivity contribution is 0.251. The molecule has 4 amide bonds. The van der Waals surface area contributed by atoms with E-state index in [-0.39, 0.29) is 12.1 Å². The summed E-state index contributed by atoms with van der Waals surface area (Å²) in [5.41, 5.74) is 3.53. The predicted octanol–water partition coefficient (Wildman–Crippen LogP) is 7.20. The number of halogens is 2. The number of alkyl halides is 2. The number of nitrogens with one attached hydrogen (secondary N) is 4. The minimum atomic E-state index is -0.200. The summed E-state index contributed by atoms with van der Waals surface area (Å²) < 4.78 is 0. The molecule has 186 valence electrons. The van der Waals surface area contributed by atoms with Crippen molar-refractivity contribution in [2.75, 3.05) is 35.5 Å². The summed E-state index contributed by atoms with van der Waals surface area (Å²) >= 11 is 11.3. The highest BCUT2D eigenvalue weighted by Gasteiger charge is 2.04. The van der Waals surface area contributed by atoms with Gasteiger partial charge in [-0.15, -0.1) is 23.2 Å². The molecule has 34 heavy (non-hydrogen) atoms. The van der Waals surface area contributed by atoms with Gasteiger partial charge in [0.1, 0.15) is 0 Å². The maximum atomic E-state index is 12.0. The molecular formula is C26H36Cl2N4O2. The minimum absolute atomic E-state index is 0.200. The van der Waals surface area contributed by atoms with Crippen LogP contribution in [0, 0.1) is 0 Å². The van der Waals surface area contributed by atoms with Gasteiger partial charge in [-0.25, -0.2) is 9.59 Å². The van der Waals surface area contributed by atoms with Crippen LogP contribution >= 0.6 is 23.2 Å². The Kier molecular flexibility index (Phi) is 14.0. The smallest absolute Gasteiger partial charge is 0.319 e. The Hall–Kier alpha value is -2.44. The second-order valence-electron chi connectivity index (χ2n) is 8.12. The molecule has 0 heterocycles. The molecule has 8 heteroatoms. The third-order valence-corrected chi connectivity index (χ3v) is 5.85. The molecule has 2 rings (SSSR count). The molecule has 4 N–H and O–H groups in total. The van der Waals surface area contributed by atoms with Crippen LogP contribution in [0.1, 0.15) is 51.4 Å². The standard InChI is InChI=1S/C26H36Cl2N4O2/c27-17-5-1-3-7-19-29-25(33)31-23-13-9-21(10-14-23)22-11-15-24(16-12-22)32-26(34)30-20-8-4-2-6-18-28/h9-16H,1-8,17-20H2,(H2,29,31,33)(H2,30,32,34). The quantitative estimate of drug-likeness (QED) is 0.152. The first-order chi connectivity index (χ1) is 16.6. The molecule has 0 aliphatic rings. The van der Waals surface area contributed by atoms with E-state index in [1.807, 2.05) is 48.5 Å². The fraction of sp³-hybridized carbons (Fsp3) is 0.462. The van der Waals surface area contributed by atoms with E-state index in [0.717, 1.165) is 73.9 Å². The maximum Gasteiger partial charge on any atom is 0.319 e. The predicted molar refractivity (Wildman–Crippen MR) is 144 cm³/mol. The number of unbranched alkanes of at least 4 members (excludes halogenated alkanes) is 6. The molecule has 0 unspecified atom stereocenters. The van der Waals surface area contributed by atoms with Crippen LogP contribution in [0.4, 0.5) is 21.0 Å². The van der Waals surface area contributed by atoms with Crippen molar-refractivity contribution in [3.63, 3.8) is 0 Å². The summed E-state index contributed by atoms with van der Waals surface area (Å²) in [6.07, 6.45) is 8.25. The summed E-state index contributed by atoms with van der Waals surface area (Å²) in [6, 6.07) is 14.9. The molecule has 2 aromatic carbocycles. The first kappa shape index (κ1) is 27.8. The molecule has 0 aliphatic carbocycles. The van der Waals surface area contributed by atoms with Gasteiger partial charge in [0.2, 0.25) is 0 Å². The minimum Gasteiger partial charge on any atom is -0.338 e. The van der Waals surface area contributed by atoms with Gasteiger partial charge in [0.05, 0.1) is 0 Å². The Bertz CT molecular complexity index is 773. The van der Waals surface area contributed by atoms with Crippen molar-refractivity contribution in [1.82, 2.24) is 10.6 Å². The van der Waals surface area contributed by atoms with Gasteiger partial charge in [-0.1, -0.05) is 49.9 Å². The van der Waals surface area contributed by atoms with E-state index in [0.29, 0.717) is 24.8 Å². The van der Waals surface area contributed by atoms with Crippen LogP contribution in [0.5, 0.6) is 0 Å². The fourth-order valence-corrected chi connectivity index (χ4v) is 3.77. The molecule has 0 aliphatic heterocycles. The van der Waals surface area contributed by atoms with Crippen LogP contribution in [0.2, 0.25) is 0 Å². The molecule has 0 saturated carbocycles. The highest BCUT2D eigenvalue weighted by Crippen LogP contribution is 2.23. The van der Waals surface area contributed by atoms with Gasteiger partial charge in [0, 0.05) is 36.2 Å². The van der Waals surface area contributed by atoms with Crippen molar-refractivity contribution in [3.05, 3.63) is 48.5 Å². The number of amides is 4. The van der Waals surface area contributed by atoms with E-state index in [1.54, 1.807) is 0 Å². The lowest BCUT2D eigenvalue weighted by atomic mass is 10.1. The zero-order valence-electron chi connectivity index (χ0n) is 19.7. The first-order valence-corrected chi connectivity index (χ1v) is 13.1. The summed E-state index contributed by atoms with van der Waals surface area (Å²) in [4.78, 5) is 24.0. The second kappa shape index (κ2) is 17.1. The largest absolute Gasteiger partial charge is 0.338 e. The molecule has 0 atom stereocenters. The number of urea groups is 2. The first-order valence-electron chi connectivity index (χ1n) is 12.0. The van der Waals surface area contributed by atoms with Gasteiger partial charge < -0.3 is 21.3 Å². The van der Waals surface area contributed by atoms with E-state index >= 15 is 0 Å². The number of hydrogen-bond acceptors (Lipinski definition) is 2. The third-order valence-electron chi connectivity index (χ3n) is 5.31. The van der Waals surface area contributed by atoms with Crippen molar-refractivity contribution in [3.8, 4) is 11.1 Å². The monoisotopic (exact) mass is 506 g/mol. The topological polar surface area (TPSA) is 82.3 Å². The van der Waals surface area contributed by atoms with Crippen LogP contribution in [0.25, 0.3) is 11.1 Å². The van der Waals surface area contributed by atoms with E-state index in [1.165, 1.54) is 0 Å². The van der Waals surface area contributed by atoms with E-state index in [4.69, 9.17) is 23.2 Å². The van der Waals surface area contributed by atoms with E-state index in [9.17, 15) is 9.59 Å². The van der Waals surface area contributed by atoms with Crippen molar-refractivity contribution in [1.29, 1.82) is 0 Å². The summed E-state index contributed by atoms with van der Waals surface area (Å²) in [5, 5.41) is 11.5. The summed E-state index contributed by atoms with van der Waals surface area (Å²) in [7, 11) is 0. The van der Waals surface area contributed by atoms with E-state index in [2.05, 4.69) is 21.3 Å². The van der Waals surface area contributed by atoms with Crippen molar-refractivity contribution in [2.24, 2.45) is 0 Å². The number of benzene rings is 2. The number of hydrogen-bond donors (Lipinski definition) is 4. The Balaban J connectivity index is 1.72. The zero-order valence-corrected chi connectivity index (χ0v) is 21.2. The van der Waals surface area contributed by atoms with Gasteiger partial charge in [-0.05, 0) is 61.1 Å². The lowest BCUT2D eigenvalue weighted by Gasteiger charge is -2.10. The summed E-state index contributed by atoms with van der Waals surface area (Å²) in [5.74, 6) is 1.39. The van der Waals surface area contributed by atoms with Crippen LogP contribution in [-0.4, -0.2) is 36.9 Å². The number of anilines is 2. The van der Waals surface area contributed by atoms with Gasteiger partial charge in [-0.2, -0.15) is 0 Å². The normalized spacial score (nSPS) is 10.5. The second-order valence-corrected chi connectivity index (χ2v) is 8.88. The van der Waals surface area contributed by atoms with Gasteiger partial charge in [0.25, 0.3) is 0 Å². The maximum absolute atomic E-state index is 12.0. The zero-order chi connectivity index (χ0) is 24.4. The van der Waals surface area contributed by atoms with Crippen LogP contribution in [0.15, 0.2) is 48.5 Å². The summed E-state index contributed by atoms with van der Waals surface area (Å²) in [6.45, 7) is 1.30. The lowest BCUT2D eigenvalue weighted by Crippen LogP contribution is -2.29. The average molecular weight is 508 g/mol. The molecule has 6 nitrogen and oxygen atoms in total. The number of rotatable bonds is 15. The number of carbonyl (C=O) groups excluding carboxylic acids is 2. The molecule has 0 spiro atoms. The van der Waals surface area contributed by atoms with Crippen LogP contribution in [0.3, 0.4) is 0 Å². The van der Waals surface area contributed by atoms with E-state index < -0.39 is 0 Å². The third kappa shape index (κ3) is 11.6. The highest BCUT2D eigenvalue weighted by molar-refractivity contribution is 6.18. The Labute approximate surface area is 213 Å². The number of carbonyl (C=O) groups is 2. The SMILES string of the molecule is O=C(NCCCCCCCl)Nc1ccc(-c2ccc(NC(=O)NCCCCCCCl)cc2)cc1. The Morgan fingerprint density at radius 1 is 0.529 bits per heavy atom. The average Bonchev–Trinajstić information content (AvgIpc) is 2.84. The Morgan fingerprint density at radius 2 is 0.882 bits per heavy atom. The van der Waals surface area contributed by atoms with Crippen LogP contribution in [-0.2, 0) is 0 Å². The molecule has 0 fully saturated rings. The molecule has 0 saturated heterocycles. The van der Waals surface area contributed by atoms with Gasteiger partial charge in [-0.3, -0.25) is 0 Å². The molecule has 2 aromatic rings. The molecule has 0 bridgehead atoms. The van der Waals surface area contributed by atoms with Crippen molar-refractivity contribution < 1.29 is 9.59 Å². The van der Waals surface area contributed by atoms with Gasteiger partial charge >= 0.3 is 12.1 Å². The fourth-order valence-electron chi connectivity index (χ4n) is 3.39. The van der Waals surface area contributed by atoms with Gasteiger partial charge in [0.15, 0.2) is 0 Å². The van der Waals surface area contributed by atoms with Crippen molar-refractivity contribution >= 4 is 46.6 Å². The highest BCUT2D eigenvalue weighted by atomic mass is 35.5. The molecule has 0 radical (unpaired) electrons. The van der Waals surface area contributed by atoms with Crippen molar-refractivity contribution in [2.45, 2.75) is 51.4 Å². The molecular weight excluding hydrogens is 471 g/mol. The molecule has 0 aromatic heterocycles. The Morgan fingerprint density at radius 3 is 1.24 bits per heavy atom. The van der Waals surface area contributed by atoms with Crippen LogP contribution < -0.4 is 21.3 Å².